The maximum Gasteiger partial charge on any atom is 0.337 e. The van der Waals surface area contributed by atoms with Gasteiger partial charge in [-0.2, -0.15) is 0 Å². The number of anilines is 2. The van der Waals surface area contributed by atoms with E-state index in [1.807, 2.05) is 0 Å². The highest BCUT2D eigenvalue weighted by atomic mass is 35.5. The predicted molar refractivity (Wildman–Crippen MR) is 63.3 cm³/mol. The lowest BCUT2D eigenvalue weighted by molar-refractivity contribution is -0.152. The van der Waals surface area contributed by atoms with Crippen LogP contribution in [0.4, 0.5) is 11.5 Å². The van der Waals surface area contributed by atoms with Crippen molar-refractivity contribution in [2.45, 2.75) is 12.1 Å². The highest BCUT2D eigenvalue weighted by molar-refractivity contribution is 6.29. The van der Waals surface area contributed by atoms with Crippen molar-refractivity contribution in [3.63, 3.8) is 0 Å². The molecule has 0 spiro atoms. The quantitative estimate of drug-likeness (QED) is 0.517. The van der Waals surface area contributed by atoms with Crippen LogP contribution in [0.2, 0.25) is 5.15 Å². The number of carbonyl (C=O) groups is 2. The van der Waals surface area contributed by atoms with Crippen molar-refractivity contribution in [1.82, 2.24) is 4.98 Å². The molecule has 2 heterocycles. The van der Waals surface area contributed by atoms with Crippen LogP contribution in [0.5, 0.6) is 0 Å². The molecule has 8 heteroatoms. The number of hydrogen-bond acceptors (Lipinski definition) is 6. The number of nitrogens with zero attached hydrogens (tertiary/aromatic N) is 1. The summed E-state index contributed by atoms with van der Waals surface area (Å²) in [7, 11) is 1.12. The molecule has 2 rings (SSSR count). The molecule has 2 atom stereocenters. The average molecular weight is 272 g/mol. The van der Waals surface area contributed by atoms with E-state index in [1.54, 1.807) is 6.07 Å². The second-order valence-corrected chi connectivity index (χ2v) is 4.00. The summed E-state index contributed by atoms with van der Waals surface area (Å²) in [5.41, 5.74) is 0.428. The summed E-state index contributed by atoms with van der Waals surface area (Å²) in [6, 6.07) is 1.91. The molecule has 0 fully saturated rings. The predicted octanol–water partition coefficient (Wildman–Crippen LogP) is 0.00150. The summed E-state index contributed by atoms with van der Waals surface area (Å²) < 4.78 is 4.37. The number of ether oxygens (including phenoxy) is 1. The lowest BCUT2D eigenvalue weighted by Crippen LogP contribution is -2.50. The lowest BCUT2D eigenvalue weighted by atomic mass is 10.1. The molecule has 0 saturated heterocycles. The lowest BCUT2D eigenvalue weighted by Gasteiger charge is -2.27. The first-order chi connectivity index (χ1) is 8.52. The Labute approximate surface area is 107 Å². The fourth-order valence-corrected chi connectivity index (χ4v) is 1.70. The normalized spacial score (nSPS) is 19.3. The van der Waals surface area contributed by atoms with Crippen LogP contribution >= 0.6 is 11.6 Å². The number of fused-ring (bicyclic) bond motifs is 1. The van der Waals surface area contributed by atoms with Gasteiger partial charge in [-0.25, -0.2) is 9.78 Å². The molecule has 0 radical (unpaired) electrons. The van der Waals surface area contributed by atoms with Gasteiger partial charge in [0.05, 0.1) is 12.8 Å². The van der Waals surface area contributed by atoms with Gasteiger partial charge in [0.25, 0.3) is 0 Å². The van der Waals surface area contributed by atoms with Gasteiger partial charge >= 0.3 is 5.97 Å². The Hall–Kier alpha value is -1.86. The molecular formula is C10H10ClN3O4. The fourth-order valence-electron chi connectivity index (χ4n) is 1.55. The van der Waals surface area contributed by atoms with Crippen molar-refractivity contribution < 1.29 is 19.4 Å². The standard InChI is InChI=1S/C10H10ClN3O4/c1-18-10(17)7(15)6-9(16)12-4-2-3-5(11)13-8(4)14-6/h2-3,6-7,15H,1H3,(H,12,16)(H,13,14)/t6?,7-/m0/s1. The summed E-state index contributed by atoms with van der Waals surface area (Å²) in [6.45, 7) is 0. The Morgan fingerprint density at radius 1 is 1.61 bits per heavy atom. The van der Waals surface area contributed by atoms with E-state index in [4.69, 9.17) is 11.6 Å². The molecule has 1 unspecified atom stereocenters. The number of pyridine rings is 1. The number of esters is 1. The molecule has 3 N–H and O–H groups in total. The number of nitrogens with one attached hydrogen (secondary N) is 2. The Bertz CT molecular complexity index is 508. The van der Waals surface area contributed by atoms with Gasteiger partial charge in [0.2, 0.25) is 5.91 Å². The van der Waals surface area contributed by atoms with Crippen LogP contribution in [0, 0.1) is 0 Å². The van der Waals surface area contributed by atoms with E-state index < -0.39 is 24.0 Å². The highest BCUT2D eigenvalue weighted by Crippen LogP contribution is 2.27. The second-order valence-electron chi connectivity index (χ2n) is 3.61. The van der Waals surface area contributed by atoms with Gasteiger partial charge in [-0.05, 0) is 12.1 Å². The van der Waals surface area contributed by atoms with Gasteiger partial charge < -0.3 is 20.5 Å². The van der Waals surface area contributed by atoms with Crippen LogP contribution in [-0.4, -0.2) is 41.2 Å². The summed E-state index contributed by atoms with van der Waals surface area (Å²) in [5.74, 6) is -1.17. The van der Waals surface area contributed by atoms with Gasteiger partial charge in [0, 0.05) is 0 Å². The molecule has 1 aliphatic rings. The molecule has 1 amide bonds. The molecule has 1 aromatic heterocycles. The number of methoxy groups -OCH3 is 1. The van der Waals surface area contributed by atoms with Crippen molar-refractivity contribution in [3.05, 3.63) is 17.3 Å². The molecule has 0 aliphatic carbocycles. The Morgan fingerprint density at radius 2 is 2.33 bits per heavy atom. The first-order valence-electron chi connectivity index (χ1n) is 5.03. The van der Waals surface area contributed by atoms with E-state index in [0.29, 0.717) is 5.69 Å². The molecule has 7 nitrogen and oxygen atoms in total. The first kappa shape index (κ1) is 12.6. The molecule has 0 bridgehead atoms. The SMILES string of the molecule is COC(=O)[C@@H](O)C1Nc2nc(Cl)ccc2NC1=O. The van der Waals surface area contributed by atoms with Crippen LogP contribution in [0.3, 0.4) is 0 Å². The number of aromatic nitrogens is 1. The number of rotatable bonds is 2. The van der Waals surface area contributed by atoms with Gasteiger partial charge in [0.15, 0.2) is 11.9 Å². The minimum absolute atomic E-state index is 0.226. The topological polar surface area (TPSA) is 101 Å². The minimum Gasteiger partial charge on any atom is -0.467 e. The molecule has 0 saturated carbocycles. The van der Waals surface area contributed by atoms with Crippen molar-refractivity contribution >= 4 is 35.0 Å². The number of amides is 1. The van der Waals surface area contributed by atoms with E-state index in [-0.39, 0.29) is 11.0 Å². The summed E-state index contributed by atoms with van der Waals surface area (Å²) in [5, 5.41) is 15.0. The first-order valence-corrected chi connectivity index (χ1v) is 5.40. The van der Waals surface area contributed by atoms with Crippen molar-refractivity contribution in [1.29, 1.82) is 0 Å². The number of hydrogen-bond donors (Lipinski definition) is 3. The largest absolute Gasteiger partial charge is 0.467 e. The van der Waals surface area contributed by atoms with Gasteiger partial charge in [0.1, 0.15) is 11.2 Å². The third kappa shape index (κ3) is 2.22. The smallest absolute Gasteiger partial charge is 0.337 e. The van der Waals surface area contributed by atoms with Crippen molar-refractivity contribution in [2.24, 2.45) is 0 Å². The van der Waals surface area contributed by atoms with E-state index in [0.717, 1.165) is 7.11 Å². The molecule has 0 aromatic carbocycles. The van der Waals surface area contributed by atoms with Crippen LogP contribution in [0.25, 0.3) is 0 Å². The maximum atomic E-state index is 11.7. The van der Waals surface area contributed by atoms with Crippen LogP contribution in [0.1, 0.15) is 0 Å². The Morgan fingerprint density at radius 3 is 3.00 bits per heavy atom. The van der Waals surface area contributed by atoms with E-state index >= 15 is 0 Å². The van der Waals surface area contributed by atoms with E-state index in [1.165, 1.54) is 6.07 Å². The van der Waals surface area contributed by atoms with E-state index in [9.17, 15) is 14.7 Å². The highest BCUT2D eigenvalue weighted by Gasteiger charge is 2.36. The third-order valence-electron chi connectivity index (χ3n) is 2.45. The number of aliphatic hydroxyl groups excluding tert-OH is 1. The average Bonchev–Trinajstić information content (AvgIpc) is 2.36. The zero-order valence-electron chi connectivity index (χ0n) is 9.31. The molecule has 18 heavy (non-hydrogen) atoms. The van der Waals surface area contributed by atoms with Crippen LogP contribution in [-0.2, 0) is 14.3 Å². The molecule has 96 valence electrons. The number of carbonyl (C=O) groups excluding carboxylic acids is 2. The number of halogens is 1. The van der Waals surface area contributed by atoms with Gasteiger partial charge in [-0.15, -0.1) is 0 Å². The molecular weight excluding hydrogens is 262 g/mol. The third-order valence-corrected chi connectivity index (χ3v) is 2.66. The fraction of sp³-hybridized carbons (Fsp3) is 0.300. The number of aliphatic hydroxyl groups is 1. The zero-order chi connectivity index (χ0) is 13.3. The maximum absolute atomic E-state index is 11.7. The minimum atomic E-state index is -1.62. The van der Waals surface area contributed by atoms with E-state index in [2.05, 4.69) is 20.4 Å². The van der Waals surface area contributed by atoms with Crippen molar-refractivity contribution in [3.8, 4) is 0 Å². The molecule has 1 aromatic rings. The van der Waals surface area contributed by atoms with Gasteiger partial charge in [-0.1, -0.05) is 11.6 Å². The van der Waals surface area contributed by atoms with Gasteiger partial charge in [-0.3, -0.25) is 4.79 Å². The summed E-state index contributed by atoms with van der Waals surface area (Å²) in [4.78, 5) is 26.8. The Balaban J connectivity index is 2.27. The molecule has 1 aliphatic heterocycles. The van der Waals surface area contributed by atoms with Crippen molar-refractivity contribution in [2.75, 3.05) is 17.7 Å². The second kappa shape index (κ2) is 4.79. The van der Waals surface area contributed by atoms with Crippen LogP contribution < -0.4 is 10.6 Å². The Kier molecular flexibility index (Phi) is 3.35. The summed E-state index contributed by atoms with van der Waals surface area (Å²) in [6.07, 6.45) is -1.62. The van der Waals surface area contributed by atoms with Crippen LogP contribution in [0.15, 0.2) is 12.1 Å². The monoisotopic (exact) mass is 271 g/mol. The summed E-state index contributed by atoms with van der Waals surface area (Å²) >= 11 is 5.71. The zero-order valence-corrected chi connectivity index (χ0v) is 10.1.